The second kappa shape index (κ2) is 7.03. The van der Waals surface area contributed by atoms with Crippen molar-refractivity contribution in [3.8, 4) is 11.4 Å². The Bertz CT molecular complexity index is 912. The highest BCUT2D eigenvalue weighted by molar-refractivity contribution is 5.79. The number of anilines is 1. The number of aromatic nitrogens is 3. The minimum absolute atomic E-state index is 0.251. The first-order chi connectivity index (χ1) is 12.7. The molecular formula is C20H24FN5. The van der Waals surface area contributed by atoms with Gasteiger partial charge in [-0.15, -0.1) is 0 Å². The standard InChI is InChI=1S/C20H24FN5/c1-3-10-26-19(15-6-4-5-7-16(15)21)22-17-8-9-18(23-20(17)26)25-13-11-24(2)12-14-25/h4-9H,3,10-14H2,1-2H3. The Balaban J connectivity index is 1.80. The molecule has 5 nitrogen and oxygen atoms in total. The van der Waals surface area contributed by atoms with Gasteiger partial charge in [-0.2, -0.15) is 0 Å². The Morgan fingerprint density at radius 2 is 1.77 bits per heavy atom. The molecule has 1 aliphatic heterocycles. The number of imidazole rings is 1. The first-order valence-corrected chi connectivity index (χ1v) is 9.23. The zero-order chi connectivity index (χ0) is 18.1. The molecule has 26 heavy (non-hydrogen) atoms. The number of pyridine rings is 1. The number of aryl methyl sites for hydroxylation is 1. The monoisotopic (exact) mass is 353 g/mol. The van der Waals surface area contributed by atoms with Gasteiger partial charge in [-0.1, -0.05) is 19.1 Å². The van der Waals surface area contributed by atoms with E-state index in [0.717, 1.165) is 56.1 Å². The molecule has 3 heterocycles. The SMILES string of the molecule is CCCn1c(-c2ccccc2F)nc2ccc(N3CCN(C)CC3)nc21. The van der Waals surface area contributed by atoms with Gasteiger partial charge >= 0.3 is 0 Å². The molecule has 1 saturated heterocycles. The van der Waals surface area contributed by atoms with Gasteiger partial charge in [-0.25, -0.2) is 14.4 Å². The van der Waals surface area contributed by atoms with Crippen molar-refractivity contribution < 1.29 is 4.39 Å². The van der Waals surface area contributed by atoms with Gasteiger partial charge in [-0.3, -0.25) is 0 Å². The topological polar surface area (TPSA) is 37.2 Å². The molecule has 1 aliphatic rings. The average Bonchev–Trinajstić information content (AvgIpc) is 3.01. The Morgan fingerprint density at radius 3 is 2.50 bits per heavy atom. The van der Waals surface area contributed by atoms with Gasteiger partial charge in [0.1, 0.15) is 23.0 Å². The number of likely N-dealkylation sites (N-methyl/N-ethyl adjacent to an activating group) is 1. The molecule has 1 aromatic carbocycles. The molecule has 0 N–H and O–H groups in total. The molecular weight excluding hydrogens is 329 g/mol. The molecule has 4 rings (SSSR count). The van der Waals surface area contributed by atoms with Crippen molar-refractivity contribution in [3.05, 3.63) is 42.2 Å². The number of piperazine rings is 1. The van der Waals surface area contributed by atoms with Gasteiger partial charge in [0.2, 0.25) is 0 Å². The maximum Gasteiger partial charge on any atom is 0.162 e. The summed E-state index contributed by atoms with van der Waals surface area (Å²) in [7, 11) is 2.14. The van der Waals surface area contributed by atoms with Crippen LogP contribution >= 0.6 is 0 Å². The molecule has 0 bridgehead atoms. The second-order valence-electron chi connectivity index (χ2n) is 6.87. The Kier molecular flexibility index (Phi) is 4.59. The molecule has 3 aromatic rings. The molecule has 0 amide bonds. The van der Waals surface area contributed by atoms with E-state index in [2.05, 4.69) is 23.8 Å². The van der Waals surface area contributed by atoms with Crippen molar-refractivity contribution in [1.29, 1.82) is 0 Å². The smallest absolute Gasteiger partial charge is 0.162 e. The Morgan fingerprint density at radius 1 is 1.00 bits per heavy atom. The number of rotatable bonds is 4. The third-order valence-corrected chi connectivity index (χ3v) is 4.97. The van der Waals surface area contributed by atoms with Gasteiger partial charge in [0, 0.05) is 32.7 Å². The molecule has 1 fully saturated rings. The summed E-state index contributed by atoms with van der Waals surface area (Å²) in [5, 5.41) is 0. The number of halogens is 1. The number of benzene rings is 1. The summed E-state index contributed by atoms with van der Waals surface area (Å²) in [6, 6.07) is 10.8. The second-order valence-corrected chi connectivity index (χ2v) is 6.87. The van der Waals surface area contributed by atoms with Gasteiger partial charge in [0.05, 0.1) is 5.56 Å². The van der Waals surface area contributed by atoms with Crippen LogP contribution in [0.2, 0.25) is 0 Å². The van der Waals surface area contributed by atoms with E-state index < -0.39 is 0 Å². The fourth-order valence-corrected chi connectivity index (χ4v) is 3.49. The predicted octanol–water partition coefficient (Wildman–Crippen LogP) is 3.40. The van der Waals surface area contributed by atoms with Crippen molar-refractivity contribution in [2.75, 3.05) is 38.1 Å². The minimum Gasteiger partial charge on any atom is -0.354 e. The summed E-state index contributed by atoms with van der Waals surface area (Å²) in [5.74, 6) is 1.38. The third kappa shape index (κ3) is 3.05. The van der Waals surface area contributed by atoms with Crippen LogP contribution in [0.5, 0.6) is 0 Å². The molecule has 136 valence electrons. The van der Waals surface area contributed by atoms with E-state index in [4.69, 9.17) is 9.97 Å². The molecule has 6 heteroatoms. The largest absolute Gasteiger partial charge is 0.354 e. The number of fused-ring (bicyclic) bond motifs is 1. The normalized spacial score (nSPS) is 15.7. The first-order valence-electron chi connectivity index (χ1n) is 9.23. The van der Waals surface area contributed by atoms with Crippen LogP contribution in [-0.4, -0.2) is 52.7 Å². The van der Waals surface area contributed by atoms with Crippen molar-refractivity contribution in [1.82, 2.24) is 19.4 Å². The summed E-state index contributed by atoms with van der Waals surface area (Å²) < 4.78 is 16.4. The van der Waals surface area contributed by atoms with Gasteiger partial charge in [0.15, 0.2) is 5.65 Å². The molecule has 2 aromatic heterocycles. The van der Waals surface area contributed by atoms with E-state index in [0.29, 0.717) is 11.4 Å². The molecule has 0 unspecified atom stereocenters. The lowest BCUT2D eigenvalue weighted by atomic mass is 10.2. The number of hydrogen-bond acceptors (Lipinski definition) is 4. The lowest BCUT2D eigenvalue weighted by molar-refractivity contribution is 0.312. The molecule has 0 aliphatic carbocycles. The lowest BCUT2D eigenvalue weighted by Crippen LogP contribution is -2.44. The maximum absolute atomic E-state index is 14.3. The highest BCUT2D eigenvalue weighted by atomic mass is 19.1. The Labute approximate surface area is 153 Å². The summed E-state index contributed by atoms with van der Waals surface area (Å²) in [4.78, 5) is 14.2. The highest BCUT2D eigenvalue weighted by Crippen LogP contribution is 2.28. The molecule has 0 radical (unpaired) electrons. The quantitative estimate of drug-likeness (QED) is 0.720. The van der Waals surface area contributed by atoms with Gasteiger partial charge in [0.25, 0.3) is 0 Å². The fraction of sp³-hybridized carbons (Fsp3) is 0.400. The average molecular weight is 353 g/mol. The number of hydrogen-bond donors (Lipinski definition) is 0. The van der Waals surface area contributed by atoms with E-state index in [1.165, 1.54) is 6.07 Å². The summed E-state index contributed by atoms with van der Waals surface area (Å²) in [5.41, 5.74) is 2.18. The maximum atomic E-state index is 14.3. The zero-order valence-electron chi connectivity index (χ0n) is 15.3. The first kappa shape index (κ1) is 17.0. The summed E-state index contributed by atoms with van der Waals surface area (Å²) >= 11 is 0. The van der Waals surface area contributed by atoms with Crippen LogP contribution < -0.4 is 4.90 Å². The van der Waals surface area contributed by atoms with Crippen LogP contribution in [0.4, 0.5) is 10.2 Å². The molecule has 0 spiro atoms. The van der Waals surface area contributed by atoms with Crippen molar-refractivity contribution in [2.45, 2.75) is 19.9 Å². The van der Waals surface area contributed by atoms with Crippen LogP contribution in [0.1, 0.15) is 13.3 Å². The molecule has 0 saturated carbocycles. The van der Waals surface area contributed by atoms with Crippen LogP contribution in [-0.2, 0) is 6.54 Å². The van der Waals surface area contributed by atoms with Crippen LogP contribution in [0, 0.1) is 5.82 Å². The van der Waals surface area contributed by atoms with Crippen LogP contribution in [0.25, 0.3) is 22.6 Å². The Hall–Kier alpha value is -2.47. The number of nitrogens with zero attached hydrogens (tertiary/aromatic N) is 5. The van der Waals surface area contributed by atoms with E-state index in [9.17, 15) is 4.39 Å². The summed E-state index contributed by atoms with van der Waals surface area (Å²) in [6.45, 7) is 6.89. The fourth-order valence-electron chi connectivity index (χ4n) is 3.49. The van der Waals surface area contributed by atoms with Crippen molar-refractivity contribution >= 4 is 17.0 Å². The highest BCUT2D eigenvalue weighted by Gasteiger charge is 2.19. The van der Waals surface area contributed by atoms with Gasteiger partial charge in [-0.05, 0) is 37.7 Å². The van der Waals surface area contributed by atoms with E-state index >= 15 is 0 Å². The van der Waals surface area contributed by atoms with E-state index in [-0.39, 0.29) is 5.82 Å². The minimum atomic E-state index is -0.251. The van der Waals surface area contributed by atoms with Crippen molar-refractivity contribution in [2.24, 2.45) is 0 Å². The summed E-state index contributed by atoms with van der Waals surface area (Å²) in [6.07, 6.45) is 0.938. The third-order valence-electron chi connectivity index (χ3n) is 4.97. The van der Waals surface area contributed by atoms with Crippen LogP contribution in [0.3, 0.4) is 0 Å². The zero-order valence-corrected chi connectivity index (χ0v) is 15.3. The van der Waals surface area contributed by atoms with E-state index in [1.54, 1.807) is 12.1 Å². The van der Waals surface area contributed by atoms with Gasteiger partial charge < -0.3 is 14.4 Å². The van der Waals surface area contributed by atoms with Crippen molar-refractivity contribution in [3.63, 3.8) is 0 Å². The lowest BCUT2D eigenvalue weighted by Gasteiger charge is -2.33. The molecule has 0 atom stereocenters. The van der Waals surface area contributed by atoms with E-state index in [1.807, 2.05) is 22.8 Å². The van der Waals surface area contributed by atoms with Crippen LogP contribution in [0.15, 0.2) is 36.4 Å². The predicted molar refractivity (Wildman–Crippen MR) is 103 cm³/mol.